The zero-order valence-electron chi connectivity index (χ0n) is 26.0. The van der Waals surface area contributed by atoms with Crippen LogP contribution in [-0.2, 0) is 9.59 Å². The van der Waals surface area contributed by atoms with E-state index in [-0.39, 0.29) is 17.6 Å². The first-order valence-electron chi connectivity index (χ1n) is 13.0. The highest BCUT2D eigenvalue weighted by molar-refractivity contribution is 6.22. The molecule has 0 aliphatic heterocycles. The lowest BCUT2D eigenvalue weighted by Gasteiger charge is -2.42. The van der Waals surface area contributed by atoms with Gasteiger partial charge in [-0.2, -0.15) is 140 Å². The first-order valence-corrected chi connectivity index (χ1v) is 13.7. The van der Waals surface area contributed by atoms with Gasteiger partial charge in [-0.3, -0.25) is 9.59 Å². The fraction of sp³-hybridized carbons (Fsp3) is 0.905. The van der Waals surface area contributed by atoms with E-state index in [2.05, 4.69) is 23.2 Å². The highest BCUT2D eigenvalue weighted by Crippen LogP contribution is 2.66. The molecule has 59 heavy (non-hydrogen) atoms. The van der Waals surface area contributed by atoms with Crippen molar-refractivity contribution in [1.29, 1.82) is 0 Å². The molecule has 0 aromatic carbocycles. The van der Waals surface area contributed by atoms with E-state index in [1.165, 1.54) is 0 Å². The van der Waals surface area contributed by atoms with Gasteiger partial charge in [0, 0.05) is 12.6 Å². The van der Waals surface area contributed by atoms with E-state index in [1.54, 1.807) is 0 Å². The first kappa shape index (κ1) is 56.3. The second-order valence-electron chi connectivity index (χ2n) is 11.1. The molecule has 4 nitrogen and oxygen atoms in total. The molecule has 0 radical (unpaired) electrons. The van der Waals surface area contributed by atoms with Crippen LogP contribution >= 0.6 is 23.2 Å². The second kappa shape index (κ2) is 14.7. The van der Waals surface area contributed by atoms with Crippen LogP contribution in [0.4, 0.5) is 140 Å². The molecular formula is C21H8Cl2F32N2O2. The number of nitrogens with one attached hydrogen (secondary N) is 2. The summed E-state index contributed by atoms with van der Waals surface area (Å²) < 4.78 is 433. The lowest BCUT2D eigenvalue weighted by molar-refractivity contribution is -0.446. The molecule has 0 saturated heterocycles. The van der Waals surface area contributed by atoms with E-state index >= 15 is 0 Å². The van der Waals surface area contributed by atoms with Crippen LogP contribution in [0.15, 0.2) is 0 Å². The molecule has 2 amide bonds. The average molecular weight is 999 g/mol. The van der Waals surface area contributed by atoms with E-state index in [9.17, 15) is 150 Å². The molecule has 0 saturated carbocycles. The maximum Gasteiger partial charge on any atom is 0.393 e. The summed E-state index contributed by atoms with van der Waals surface area (Å²) in [6.07, 6.45) is 0. The van der Waals surface area contributed by atoms with Crippen LogP contribution in [0.1, 0.15) is 6.92 Å². The third kappa shape index (κ3) is 7.54. The van der Waals surface area contributed by atoms with Crippen LogP contribution in [-0.4, -0.2) is 118 Å². The lowest BCUT2D eigenvalue weighted by Crippen LogP contribution is -2.75. The molecule has 0 heterocycles. The molecule has 0 aromatic rings. The van der Waals surface area contributed by atoms with Crippen LogP contribution in [0.5, 0.6) is 0 Å². The highest BCUT2D eigenvalue weighted by atomic mass is 35.5. The third-order valence-corrected chi connectivity index (χ3v) is 7.44. The van der Waals surface area contributed by atoms with E-state index in [0.29, 0.717) is 0 Å². The summed E-state index contributed by atoms with van der Waals surface area (Å²) in [6.45, 7) is -2.96. The molecule has 0 aliphatic carbocycles. The SMILES string of the molecule is CC(CNC(=O)C(F)(F)C(F)(F)C(F)(F)C(F)(F)C(F)(F)C(F)(F)C(F)(F)C(F)(F)Cl)NC(=O)C(F)(F)C(F)(F)C(F)(F)C(F)(F)C(F)(F)C(F)(F)C(F)(F)C(F)(F)Cl. The van der Waals surface area contributed by atoms with Crippen molar-refractivity contribution >= 4 is 35.0 Å². The van der Waals surface area contributed by atoms with E-state index in [1.807, 2.05) is 0 Å². The number of rotatable bonds is 19. The van der Waals surface area contributed by atoms with Gasteiger partial charge in [-0.05, 0) is 30.1 Å². The Morgan fingerprint density at radius 3 is 0.763 bits per heavy atom. The van der Waals surface area contributed by atoms with Gasteiger partial charge in [-0.15, -0.1) is 0 Å². The average Bonchev–Trinajstić information content (AvgIpc) is 3.00. The van der Waals surface area contributed by atoms with Gasteiger partial charge in [-0.25, -0.2) is 0 Å². The normalized spacial score (nSPS) is 16.9. The van der Waals surface area contributed by atoms with Gasteiger partial charge in [0.25, 0.3) is 11.8 Å². The summed E-state index contributed by atoms with van der Waals surface area (Å²) in [5.41, 5.74) is 0. The van der Waals surface area contributed by atoms with Gasteiger partial charge in [-0.1, -0.05) is 0 Å². The molecule has 0 aromatic heterocycles. The maximum absolute atomic E-state index is 14.0. The van der Waals surface area contributed by atoms with Gasteiger partial charge in [0.1, 0.15) is 0 Å². The maximum atomic E-state index is 14.0. The van der Waals surface area contributed by atoms with Crippen LogP contribution < -0.4 is 10.6 Å². The molecule has 352 valence electrons. The molecule has 0 aliphatic rings. The Morgan fingerprint density at radius 2 is 0.542 bits per heavy atom. The van der Waals surface area contributed by atoms with Crippen molar-refractivity contribution in [2.24, 2.45) is 0 Å². The van der Waals surface area contributed by atoms with Crippen molar-refractivity contribution in [3.8, 4) is 0 Å². The Hall–Kier alpha value is -2.72. The smallest absolute Gasteiger partial charge is 0.349 e. The van der Waals surface area contributed by atoms with Gasteiger partial charge >= 0.3 is 93.7 Å². The number of hydrogen-bond acceptors (Lipinski definition) is 2. The van der Waals surface area contributed by atoms with E-state index in [0.717, 1.165) is 0 Å². The molecule has 0 bridgehead atoms. The van der Waals surface area contributed by atoms with Gasteiger partial charge in [0.2, 0.25) is 0 Å². The number of halogens is 34. The fourth-order valence-electron chi connectivity index (χ4n) is 3.34. The quantitative estimate of drug-likeness (QED) is 0.100. The minimum atomic E-state index is -9.13. The molecule has 0 fully saturated rings. The zero-order chi connectivity index (χ0) is 48.9. The Morgan fingerprint density at radius 1 is 0.356 bits per heavy atom. The summed E-state index contributed by atoms with van der Waals surface area (Å²) in [5, 5.41) is -14.5. The fourth-order valence-corrected chi connectivity index (χ4v) is 3.57. The zero-order valence-corrected chi connectivity index (χ0v) is 27.5. The second-order valence-corrected chi connectivity index (χ2v) is 12.1. The molecule has 1 atom stereocenters. The summed E-state index contributed by atoms with van der Waals surface area (Å²) in [6, 6.07) is -3.26. The monoisotopic (exact) mass is 998 g/mol. The molecule has 1 unspecified atom stereocenters. The number of hydrogen-bond donors (Lipinski definition) is 2. The first-order chi connectivity index (χ1) is 24.9. The Labute approximate surface area is 309 Å². The Balaban J connectivity index is 6.62. The topological polar surface area (TPSA) is 58.2 Å². The van der Waals surface area contributed by atoms with Crippen molar-refractivity contribution in [2.75, 3.05) is 6.54 Å². The summed E-state index contributed by atoms with van der Waals surface area (Å²) in [4.78, 5) is 22.9. The summed E-state index contributed by atoms with van der Waals surface area (Å²) >= 11 is 6.60. The molecular weight excluding hydrogens is 991 g/mol. The van der Waals surface area contributed by atoms with Crippen molar-refractivity contribution in [2.45, 2.75) is 107 Å². The molecule has 0 rings (SSSR count). The van der Waals surface area contributed by atoms with Gasteiger partial charge in [0.15, 0.2) is 0 Å². The number of carbonyl (C=O) groups is 2. The van der Waals surface area contributed by atoms with Crippen molar-refractivity contribution in [3.63, 3.8) is 0 Å². The van der Waals surface area contributed by atoms with Crippen LogP contribution in [0, 0.1) is 0 Å². The Kier molecular flexibility index (Phi) is 14.0. The predicted molar refractivity (Wildman–Crippen MR) is 121 cm³/mol. The predicted octanol–water partition coefficient (Wildman–Crippen LogP) is 10.2. The van der Waals surface area contributed by atoms with Crippen LogP contribution in [0.3, 0.4) is 0 Å². The standard InChI is InChI=1S/C21H8Cl2F32N2O2/c1-3(57-5(59)7(26,27)9(30,31)11(34,35)13(38,39)15(42,43)17(46,47)19(50,51)21(23,54)55)2-56-4(58)6(24,25)8(28,29)10(32,33)12(36,37)14(40,41)16(44,45)18(48,49)20(22,52)53/h3H,2H2,1H3,(H,56,58)(H,57,59). The van der Waals surface area contributed by atoms with Gasteiger partial charge < -0.3 is 10.6 Å². The van der Waals surface area contributed by atoms with E-state index in [4.69, 9.17) is 0 Å². The van der Waals surface area contributed by atoms with E-state index < -0.39 is 118 Å². The van der Waals surface area contributed by atoms with Crippen LogP contribution in [0.2, 0.25) is 0 Å². The van der Waals surface area contributed by atoms with Crippen molar-refractivity contribution in [1.82, 2.24) is 10.6 Å². The Bertz CT molecular complexity index is 1560. The van der Waals surface area contributed by atoms with Crippen molar-refractivity contribution < 1.29 is 150 Å². The number of amides is 2. The molecule has 38 heteroatoms. The number of carbonyl (C=O) groups excluding carboxylic acids is 2. The van der Waals surface area contributed by atoms with Crippen molar-refractivity contribution in [3.05, 3.63) is 0 Å². The third-order valence-electron chi connectivity index (χ3n) is 6.96. The minimum Gasteiger partial charge on any atom is -0.349 e. The summed E-state index contributed by atoms with van der Waals surface area (Å²) in [5.74, 6) is -130. The molecule has 2 N–H and O–H groups in total. The molecule has 0 spiro atoms. The summed E-state index contributed by atoms with van der Waals surface area (Å²) in [7, 11) is 0. The van der Waals surface area contributed by atoms with Gasteiger partial charge in [0.05, 0.1) is 0 Å². The number of alkyl halides is 34. The largest absolute Gasteiger partial charge is 0.393 e. The van der Waals surface area contributed by atoms with Crippen LogP contribution in [0.25, 0.3) is 0 Å². The lowest BCUT2D eigenvalue weighted by atomic mass is 9.89. The minimum absolute atomic E-state index is 0.0345. The highest BCUT2D eigenvalue weighted by Gasteiger charge is 2.97.